The molecule has 2 atom stereocenters. The van der Waals surface area contributed by atoms with E-state index in [2.05, 4.69) is 17.2 Å². The van der Waals surface area contributed by atoms with Crippen molar-refractivity contribution in [2.45, 2.75) is 51.6 Å². The third-order valence-electron chi connectivity index (χ3n) is 3.93. The maximum Gasteiger partial charge on any atom is 0.271 e. The van der Waals surface area contributed by atoms with Crippen LogP contribution in [-0.2, 0) is 6.54 Å². The molecule has 3 N–H and O–H groups in total. The fourth-order valence-corrected chi connectivity index (χ4v) is 2.70. The highest BCUT2D eigenvalue weighted by molar-refractivity contribution is 5.92. The predicted molar refractivity (Wildman–Crippen MR) is 74.8 cm³/mol. The van der Waals surface area contributed by atoms with E-state index in [1.807, 2.05) is 4.57 Å². The average molecular weight is 264 g/mol. The Morgan fingerprint density at radius 1 is 1.47 bits per heavy atom. The molecular formula is C14H24N4O. The SMILES string of the molecule is CC1CCCCCC1NC(=O)c1cn(CCN)cn1. The molecule has 2 unspecified atom stereocenters. The Balaban J connectivity index is 1.94. The highest BCUT2D eigenvalue weighted by Crippen LogP contribution is 2.23. The van der Waals surface area contributed by atoms with Crippen molar-refractivity contribution >= 4 is 5.91 Å². The summed E-state index contributed by atoms with van der Waals surface area (Å²) in [7, 11) is 0. The lowest BCUT2D eigenvalue weighted by atomic mass is 9.97. The quantitative estimate of drug-likeness (QED) is 0.810. The monoisotopic (exact) mass is 264 g/mol. The molecule has 0 aromatic carbocycles. The molecular weight excluding hydrogens is 240 g/mol. The van der Waals surface area contributed by atoms with Crippen LogP contribution in [0.3, 0.4) is 0 Å². The molecule has 1 aliphatic carbocycles. The Hall–Kier alpha value is -1.36. The smallest absolute Gasteiger partial charge is 0.271 e. The van der Waals surface area contributed by atoms with Crippen molar-refractivity contribution in [3.63, 3.8) is 0 Å². The zero-order valence-electron chi connectivity index (χ0n) is 11.6. The van der Waals surface area contributed by atoms with E-state index < -0.39 is 0 Å². The van der Waals surface area contributed by atoms with Crippen molar-refractivity contribution in [3.05, 3.63) is 18.2 Å². The molecule has 1 fully saturated rings. The minimum atomic E-state index is -0.0606. The minimum Gasteiger partial charge on any atom is -0.348 e. The van der Waals surface area contributed by atoms with Gasteiger partial charge in [-0.3, -0.25) is 4.79 Å². The van der Waals surface area contributed by atoms with E-state index in [9.17, 15) is 4.79 Å². The van der Waals surface area contributed by atoms with Gasteiger partial charge in [0.25, 0.3) is 5.91 Å². The van der Waals surface area contributed by atoms with Crippen molar-refractivity contribution in [1.29, 1.82) is 0 Å². The Bertz CT molecular complexity index is 415. The van der Waals surface area contributed by atoms with E-state index in [1.165, 1.54) is 25.7 Å². The molecule has 0 spiro atoms. The molecule has 2 rings (SSSR count). The van der Waals surface area contributed by atoms with Crippen molar-refractivity contribution in [3.8, 4) is 0 Å². The third-order valence-corrected chi connectivity index (χ3v) is 3.93. The van der Waals surface area contributed by atoms with E-state index in [-0.39, 0.29) is 11.9 Å². The van der Waals surface area contributed by atoms with Crippen LogP contribution >= 0.6 is 0 Å². The minimum absolute atomic E-state index is 0.0606. The number of carbonyl (C=O) groups is 1. The van der Waals surface area contributed by atoms with Gasteiger partial charge in [0.2, 0.25) is 0 Å². The lowest BCUT2D eigenvalue weighted by molar-refractivity contribution is 0.0917. The van der Waals surface area contributed by atoms with Gasteiger partial charge in [0.15, 0.2) is 0 Å². The van der Waals surface area contributed by atoms with Crippen LogP contribution in [0.4, 0.5) is 0 Å². The van der Waals surface area contributed by atoms with E-state index in [4.69, 9.17) is 5.73 Å². The normalized spacial score (nSPS) is 23.9. The topological polar surface area (TPSA) is 72.9 Å². The molecule has 1 aromatic heterocycles. The van der Waals surface area contributed by atoms with E-state index in [0.29, 0.717) is 24.7 Å². The summed E-state index contributed by atoms with van der Waals surface area (Å²) in [6, 6.07) is 0.287. The number of amides is 1. The first-order chi connectivity index (χ1) is 9.20. The van der Waals surface area contributed by atoms with Crippen molar-refractivity contribution in [1.82, 2.24) is 14.9 Å². The van der Waals surface area contributed by atoms with Crippen LogP contribution in [0.15, 0.2) is 12.5 Å². The molecule has 5 nitrogen and oxygen atoms in total. The Kier molecular flexibility index (Phi) is 4.96. The molecule has 0 aliphatic heterocycles. The Labute approximate surface area is 114 Å². The first-order valence-corrected chi connectivity index (χ1v) is 7.23. The molecule has 19 heavy (non-hydrogen) atoms. The number of aromatic nitrogens is 2. The summed E-state index contributed by atoms with van der Waals surface area (Å²) in [6.45, 7) is 3.47. The second-order valence-electron chi connectivity index (χ2n) is 5.48. The van der Waals surface area contributed by atoms with Gasteiger partial charge in [-0.05, 0) is 18.8 Å². The van der Waals surface area contributed by atoms with Crippen LogP contribution in [0.2, 0.25) is 0 Å². The van der Waals surface area contributed by atoms with Gasteiger partial charge >= 0.3 is 0 Å². The van der Waals surface area contributed by atoms with Crippen LogP contribution in [-0.4, -0.2) is 28.0 Å². The van der Waals surface area contributed by atoms with Crippen molar-refractivity contribution in [2.24, 2.45) is 11.7 Å². The summed E-state index contributed by atoms with van der Waals surface area (Å²) in [5.74, 6) is 0.493. The molecule has 1 aromatic rings. The standard InChI is InChI=1S/C14H24N4O/c1-11-5-3-2-4-6-12(11)17-14(19)13-9-18(8-7-15)10-16-13/h9-12H,2-8,15H2,1H3,(H,17,19). The number of nitrogens with one attached hydrogen (secondary N) is 1. The second-order valence-corrected chi connectivity index (χ2v) is 5.48. The maximum atomic E-state index is 12.2. The first kappa shape index (κ1) is 14.1. The summed E-state index contributed by atoms with van der Waals surface area (Å²) < 4.78 is 1.85. The number of nitrogens with two attached hydrogens (primary N) is 1. The molecule has 5 heteroatoms. The van der Waals surface area contributed by atoms with Crippen LogP contribution in [0.1, 0.15) is 49.5 Å². The molecule has 0 saturated heterocycles. The zero-order valence-corrected chi connectivity index (χ0v) is 11.6. The summed E-state index contributed by atoms with van der Waals surface area (Å²) in [4.78, 5) is 16.3. The zero-order chi connectivity index (χ0) is 13.7. The van der Waals surface area contributed by atoms with Gasteiger partial charge in [-0.15, -0.1) is 0 Å². The molecule has 1 heterocycles. The number of hydrogen-bond donors (Lipinski definition) is 2. The summed E-state index contributed by atoms with van der Waals surface area (Å²) >= 11 is 0. The van der Waals surface area contributed by atoms with Crippen LogP contribution in [0, 0.1) is 5.92 Å². The van der Waals surface area contributed by atoms with E-state index >= 15 is 0 Å². The van der Waals surface area contributed by atoms with Crippen molar-refractivity contribution < 1.29 is 4.79 Å². The predicted octanol–water partition coefficient (Wildman–Crippen LogP) is 1.54. The van der Waals surface area contributed by atoms with Crippen LogP contribution in [0.25, 0.3) is 0 Å². The lowest BCUT2D eigenvalue weighted by Gasteiger charge is -2.22. The van der Waals surface area contributed by atoms with Gasteiger partial charge in [0.1, 0.15) is 5.69 Å². The number of hydrogen-bond acceptors (Lipinski definition) is 3. The fourth-order valence-electron chi connectivity index (χ4n) is 2.70. The van der Waals surface area contributed by atoms with Gasteiger partial charge in [-0.25, -0.2) is 4.98 Å². The molecule has 106 valence electrons. The number of imidazole rings is 1. The summed E-state index contributed by atoms with van der Waals surface area (Å²) in [5.41, 5.74) is 5.97. The summed E-state index contributed by atoms with van der Waals surface area (Å²) in [5, 5.41) is 3.13. The molecule has 0 radical (unpaired) electrons. The van der Waals surface area contributed by atoms with Gasteiger partial charge in [-0.1, -0.05) is 26.2 Å². The van der Waals surface area contributed by atoms with E-state index in [1.54, 1.807) is 12.5 Å². The number of rotatable bonds is 4. The highest BCUT2D eigenvalue weighted by Gasteiger charge is 2.22. The Morgan fingerprint density at radius 3 is 3.05 bits per heavy atom. The molecule has 1 aliphatic rings. The highest BCUT2D eigenvalue weighted by atomic mass is 16.2. The summed E-state index contributed by atoms with van der Waals surface area (Å²) in [6.07, 6.45) is 9.47. The third kappa shape index (κ3) is 3.80. The van der Waals surface area contributed by atoms with E-state index in [0.717, 1.165) is 6.42 Å². The maximum absolute atomic E-state index is 12.2. The molecule has 0 bridgehead atoms. The van der Waals surface area contributed by atoms with Gasteiger partial charge in [-0.2, -0.15) is 0 Å². The molecule has 1 amide bonds. The van der Waals surface area contributed by atoms with Gasteiger partial charge < -0.3 is 15.6 Å². The van der Waals surface area contributed by atoms with Crippen LogP contribution in [0.5, 0.6) is 0 Å². The van der Waals surface area contributed by atoms with Gasteiger partial charge in [0.05, 0.1) is 6.33 Å². The van der Waals surface area contributed by atoms with Crippen molar-refractivity contribution in [2.75, 3.05) is 6.54 Å². The van der Waals surface area contributed by atoms with Gasteiger partial charge in [0, 0.05) is 25.3 Å². The Morgan fingerprint density at radius 2 is 2.26 bits per heavy atom. The number of nitrogens with zero attached hydrogens (tertiary/aromatic N) is 2. The lowest BCUT2D eigenvalue weighted by Crippen LogP contribution is -2.39. The van der Waals surface area contributed by atoms with Crippen LogP contribution < -0.4 is 11.1 Å². The first-order valence-electron chi connectivity index (χ1n) is 7.23. The second kappa shape index (κ2) is 6.70. The number of carbonyl (C=O) groups excluding carboxylic acids is 1. The fraction of sp³-hybridized carbons (Fsp3) is 0.714. The molecule has 1 saturated carbocycles. The average Bonchev–Trinajstić information content (AvgIpc) is 2.77. The largest absolute Gasteiger partial charge is 0.348 e.